The highest BCUT2D eigenvalue weighted by atomic mass is 14.9. The Kier molecular flexibility index (Phi) is 3.96. The molecule has 1 N–H and O–H groups in total. The van der Waals surface area contributed by atoms with Crippen molar-refractivity contribution in [3.8, 4) is 6.07 Å². The number of rotatable bonds is 3. The van der Waals surface area contributed by atoms with Crippen molar-refractivity contribution in [1.29, 1.82) is 5.26 Å². The second-order valence-electron chi connectivity index (χ2n) is 4.36. The molecule has 0 fully saturated rings. The lowest BCUT2D eigenvalue weighted by Gasteiger charge is -2.18. The molecule has 1 aliphatic carbocycles. The number of nitrogens with one attached hydrogen (secondary N) is 1. The summed E-state index contributed by atoms with van der Waals surface area (Å²) in [7, 11) is 0. The molecule has 2 heteroatoms. The van der Waals surface area contributed by atoms with Gasteiger partial charge in [-0.05, 0) is 30.4 Å². The average molecular weight is 214 g/mol. The van der Waals surface area contributed by atoms with Crippen LogP contribution in [0.25, 0.3) is 0 Å². The van der Waals surface area contributed by atoms with Crippen LogP contribution in [0.1, 0.15) is 42.9 Å². The van der Waals surface area contributed by atoms with E-state index in [4.69, 9.17) is 5.26 Å². The Balaban J connectivity index is 2.10. The van der Waals surface area contributed by atoms with E-state index in [1.807, 2.05) is 0 Å². The summed E-state index contributed by atoms with van der Waals surface area (Å²) in [5, 5.41) is 12.1. The summed E-state index contributed by atoms with van der Waals surface area (Å²) in [6, 6.07) is 11.3. The first-order valence-corrected chi connectivity index (χ1v) is 6.10. The third-order valence-corrected chi connectivity index (χ3v) is 3.25. The number of benzene rings is 1. The molecule has 0 saturated heterocycles. The van der Waals surface area contributed by atoms with E-state index in [1.54, 1.807) is 0 Å². The van der Waals surface area contributed by atoms with Gasteiger partial charge in [0.25, 0.3) is 0 Å². The van der Waals surface area contributed by atoms with Crippen molar-refractivity contribution in [3.05, 3.63) is 35.4 Å². The summed E-state index contributed by atoms with van der Waals surface area (Å²) < 4.78 is 0. The second kappa shape index (κ2) is 5.67. The fraction of sp³-hybridized carbons (Fsp3) is 0.500. The summed E-state index contributed by atoms with van der Waals surface area (Å²) >= 11 is 0. The molecule has 1 aliphatic rings. The van der Waals surface area contributed by atoms with E-state index < -0.39 is 0 Å². The largest absolute Gasteiger partial charge is 0.309 e. The Hall–Kier alpha value is -1.33. The van der Waals surface area contributed by atoms with E-state index in [9.17, 15) is 0 Å². The van der Waals surface area contributed by atoms with Gasteiger partial charge >= 0.3 is 0 Å². The number of aryl methyl sites for hydroxylation is 1. The van der Waals surface area contributed by atoms with Crippen LogP contribution in [0.15, 0.2) is 24.3 Å². The van der Waals surface area contributed by atoms with E-state index in [1.165, 1.54) is 36.8 Å². The Morgan fingerprint density at radius 1 is 1.31 bits per heavy atom. The molecule has 16 heavy (non-hydrogen) atoms. The Bertz CT molecular complexity index is 379. The van der Waals surface area contributed by atoms with Crippen LogP contribution in [0.2, 0.25) is 0 Å². The lowest BCUT2D eigenvalue weighted by atomic mass is 9.99. The smallest absolute Gasteiger partial charge is 0.0635 e. The first kappa shape index (κ1) is 11.2. The SMILES string of the molecule is N#CCCNC1CCCCc2ccccc21. The van der Waals surface area contributed by atoms with Crippen LogP contribution >= 0.6 is 0 Å². The van der Waals surface area contributed by atoms with E-state index in [2.05, 4.69) is 35.7 Å². The number of nitriles is 1. The molecule has 0 aromatic heterocycles. The molecule has 2 rings (SSSR count). The minimum absolute atomic E-state index is 0.451. The second-order valence-corrected chi connectivity index (χ2v) is 4.36. The summed E-state index contributed by atoms with van der Waals surface area (Å²) in [5.41, 5.74) is 2.92. The first-order valence-electron chi connectivity index (χ1n) is 6.10. The Morgan fingerprint density at radius 2 is 2.19 bits per heavy atom. The lowest BCUT2D eigenvalue weighted by Crippen LogP contribution is -2.22. The van der Waals surface area contributed by atoms with Crippen molar-refractivity contribution in [3.63, 3.8) is 0 Å². The van der Waals surface area contributed by atoms with Crippen molar-refractivity contribution in [2.24, 2.45) is 0 Å². The quantitative estimate of drug-likeness (QED) is 0.620. The monoisotopic (exact) mass is 214 g/mol. The summed E-state index contributed by atoms with van der Waals surface area (Å²) in [6.07, 6.45) is 5.56. The van der Waals surface area contributed by atoms with Crippen LogP contribution in [-0.4, -0.2) is 6.54 Å². The molecule has 0 saturated carbocycles. The van der Waals surface area contributed by atoms with Crippen molar-refractivity contribution in [2.75, 3.05) is 6.54 Å². The molecule has 1 unspecified atom stereocenters. The fourth-order valence-electron chi connectivity index (χ4n) is 2.44. The van der Waals surface area contributed by atoms with Gasteiger partial charge in [-0.25, -0.2) is 0 Å². The maximum atomic E-state index is 8.56. The van der Waals surface area contributed by atoms with Crippen molar-refractivity contribution in [2.45, 2.75) is 38.1 Å². The predicted octanol–water partition coefficient (Wildman–Crippen LogP) is 2.96. The van der Waals surface area contributed by atoms with Crippen molar-refractivity contribution < 1.29 is 0 Å². The van der Waals surface area contributed by atoms with Crippen molar-refractivity contribution in [1.82, 2.24) is 5.32 Å². The minimum Gasteiger partial charge on any atom is -0.309 e. The van der Waals surface area contributed by atoms with Crippen molar-refractivity contribution >= 4 is 0 Å². The van der Waals surface area contributed by atoms with Gasteiger partial charge in [0.2, 0.25) is 0 Å². The van der Waals surface area contributed by atoms with Gasteiger partial charge in [0.05, 0.1) is 6.07 Å². The molecule has 0 bridgehead atoms. The molecule has 2 nitrogen and oxygen atoms in total. The van der Waals surface area contributed by atoms with Gasteiger partial charge in [0.1, 0.15) is 0 Å². The average Bonchev–Trinajstić information content (AvgIpc) is 2.52. The van der Waals surface area contributed by atoms with Gasteiger partial charge in [-0.1, -0.05) is 30.7 Å². The van der Waals surface area contributed by atoms with Gasteiger partial charge in [-0.15, -0.1) is 0 Å². The maximum absolute atomic E-state index is 8.56. The van der Waals surface area contributed by atoms with Crippen LogP contribution < -0.4 is 5.32 Å². The summed E-state index contributed by atoms with van der Waals surface area (Å²) in [6.45, 7) is 0.801. The van der Waals surface area contributed by atoms with Gasteiger partial charge in [0, 0.05) is 19.0 Å². The third kappa shape index (κ3) is 2.62. The molecule has 84 valence electrons. The molecule has 0 radical (unpaired) electrons. The number of hydrogen-bond acceptors (Lipinski definition) is 2. The van der Waals surface area contributed by atoms with E-state index in [0.29, 0.717) is 12.5 Å². The maximum Gasteiger partial charge on any atom is 0.0635 e. The molecule has 0 amide bonds. The normalized spacial score (nSPS) is 19.6. The Morgan fingerprint density at radius 3 is 3.06 bits per heavy atom. The van der Waals surface area contributed by atoms with E-state index >= 15 is 0 Å². The van der Waals surface area contributed by atoms with Crippen LogP contribution in [0, 0.1) is 11.3 Å². The molecule has 0 spiro atoms. The molecule has 1 aromatic rings. The highest BCUT2D eigenvalue weighted by molar-refractivity contribution is 5.31. The van der Waals surface area contributed by atoms with E-state index in [0.717, 1.165) is 6.54 Å². The highest BCUT2D eigenvalue weighted by Crippen LogP contribution is 2.28. The lowest BCUT2D eigenvalue weighted by molar-refractivity contribution is 0.496. The number of nitrogens with zero attached hydrogens (tertiary/aromatic N) is 1. The molecule has 0 heterocycles. The molecule has 1 atom stereocenters. The van der Waals surface area contributed by atoms with Gasteiger partial charge in [0.15, 0.2) is 0 Å². The van der Waals surface area contributed by atoms with Gasteiger partial charge < -0.3 is 5.32 Å². The van der Waals surface area contributed by atoms with Crippen LogP contribution in [0.4, 0.5) is 0 Å². The third-order valence-electron chi connectivity index (χ3n) is 3.25. The minimum atomic E-state index is 0.451. The predicted molar refractivity (Wildman–Crippen MR) is 65.0 cm³/mol. The summed E-state index contributed by atoms with van der Waals surface area (Å²) in [4.78, 5) is 0. The van der Waals surface area contributed by atoms with Crippen LogP contribution in [-0.2, 0) is 6.42 Å². The standard InChI is InChI=1S/C14H18N2/c15-10-5-11-16-14-9-4-2-7-12-6-1-3-8-13(12)14/h1,3,6,8,14,16H,2,4-5,7,9,11H2. The van der Waals surface area contributed by atoms with E-state index in [-0.39, 0.29) is 0 Å². The number of hydrogen-bond donors (Lipinski definition) is 1. The zero-order valence-electron chi connectivity index (χ0n) is 9.58. The first-order chi connectivity index (χ1) is 7.92. The zero-order chi connectivity index (χ0) is 11.2. The Labute approximate surface area is 97.3 Å². The zero-order valence-corrected chi connectivity index (χ0v) is 9.58. The van der Waals surface area contributed by atoms with Crippen LogP contribution in [0.3, 0.4) is 0 Å². The molecule has 1 aromatic carbocycles. The van der Waals surface area contributed by atoms with Crippen LogP contribution in [0.5, 0.6) is 0 Å². The molecule has 0 aliphatic heterocycles. The molecular weight excluding hydrogens is 196 g/mol. The highest BCUT2D eigenvalue weighted by Gasteiger charge is 2.16. The fourth-order valence-corrected chi connectivity index (χ4v) is 2.44. The summed E-state index contributed by atoms with van der Waals surface area (Å²) in [5.74, 6) is 0. The number of fused-ring (bicyclic) bond motifs is 1. The van der Waals surface area contributed by atoms with Gasteiger partial charge in [-0.3, -0.25) is 0 Å². The molecular formula is C14H18N2. The van der Waals surface area contributed by atoms with Gasteiger partial charge in [-0.2, -0.15) is 5.26 Å². The topological polar surface area (TPSA) is 35.8 Å².